The monoisotopic (exact) mass is 445 g/mol. The molecule has 11 heteroatoms. The summed E-state index contributed by atoms with van der Waals surface area (Å²) >= 11 is 0. The Kier molecular flexibility index (Phi) is 4.65. The van der Waals surface area contributed by atoms with Crippen LogP contribution in [0.5, 0.6) is 0 Å². The summed E-state index contributed by atoms with van der Waals surface area (Å²) in [5.74, 6) is 0. The molecule has 3 N–H and O–H groups in total. The number of carboxylic acid groups (broad SMARTS) is 1. The number of benzene rings is 1. The van der Waals surface area contributed by atoms with Crippen molar-refractivity contribution in [3.63, 3.8) is 0 Å². The highest BCUT2D eigenvalue weighted by molar-refractivity contribution is 7.90. The molecule has 3 aliphatic rings. The summed E-state index contributed by atoms with van der Waals surface area (Å²) in [7, 11) is -4.20. The van der Waals surface area contributed by atoms with Gasteiger partial charge in [-0.3, -0.25) is 4.68 Å². The number of carbonyl (C=O) groups excluding carboxylic acids is 1. The Balaban J connectivity index is 1.36. The number of sulfonamides is 1. The number of nitrogens with one attached hydrogen (secondary N) is 2. The standard InChI is InChI=1S/C20H23N5O5S/c26-19(21-18-15-5-1-3-12(15)9-13-4-2-6-16(13)18)23-31(29,30)17-10-14-11-24(20(27)28)7-8-25(14)22-17/h9-10H,1-8,11H2,(H,27,28)(H2,21,23,26). The second-order valence-corrected chi connectivity index (χ2v) is 9.82. The highest BCUT2D eigenvalue weighted by atomic mass is 32.2. The molecular formula is C20H23N5O5S. The van der Waals surface area contributed by atoms with E-state index in [1.807, 2.05) is 0 Å². The molecule has 0 spiro atoms. The quantitative estimate of drug-likeness (QED) is 0.660. The van der Waals surface area contributed by atoms with Gasteiger partial charge in [-0.2, -0.15) is 13.5 Å². The van der Waals surface area contributed by atoms with Crippen LogP contribution < -0.4 is 10.0 Å². The van der Waals surface area contributed by atoms with Gasteiger partial charge in [-0.1, -0.05) is 6.07 Å². The summed E-state index contributed by atoms with van der Waals surface area (Å²) < 4.78 is 29.0. The smallest absolute Gasteiger partial charge is 0.407 e. The molecule has 1 aromatic carbocycles. The maximum absolute atomic E-state index is 12.8. The Bertz CT molecular complexity index is 1170. The third kappa shape index (κ3) is 3.52. The number of rotatable bonds is 3. The first-order chi connectivity index (χ1) is 14.8. The molecule has 31 heavy (non-hydrogen) atoms. The Morgan fingerprint density at radius 3 is 2.32 bits per heavy atom. The van der Waals surface area contributed by atoms with E-state index in [-0.39, 0.29) is 24.7 Å². The van der Waals surface area contributed by atoms with Gasteiger partial charge in [-0.15, -0.1) is 0 Å². The van der Waals surface area contributed by atoms with Gasteiger partial charge in [0, 0.05) is 18.3 Å². The van der Waals surface area contributed by atoms with E-state index in [0.29, 0.717) is 5.69 Å². The predicted molar refractivity (Wildman–Crippen MR) is 110 cm³/mol. The molecule has 2 aliphatic carbocycles. The number of hydrogen-bond donors (Lipinski definition) is 3. The maximum Gasteiger partial charge on any atom is 0.407 e. The van der Waals surface area contributed by atoms with Crippen LogP contribution in [-0.2, 0) is 48.8 Å². The van der Waals surface area contributed by atoms with E-state index in [2.05, 4.69) is 21.2 Å². The van der Waals surface area contributed by atoms with Crippen molar-refractivity contribution in [3.05, 3.63) is 40.1 Å². The molecule has 0 bridgehead atoms. The van der Waals surface area contributed by atoms with Gasteiger partial charge in [0.05, 0.1) is 18.8 Å². The number of hydrogen-bond acceptors (Lipinski definition) is 5. The van der Waals surface area contributed by atoms with Crippen molar-refractivity contribution in [2.45, 2.75) is 56.6 Å². The van der Waals surface area contributed by atoms with Crippen LogP contribution in [0, 0.1) is 0 Å². The van der Waals surface area contributed by atoms with Crippen molar-refractivity contribution in [3.8, 4) is 0 Å². The minimum atomic E-state index is -4.20. The Hall–Kier alpha value is -3.08. The molecule has 2 heterocycles. The molecule has 2 aromatic rings. The largest absolute Gasteiger partial charge is 0.465 e. The topological polar surface area (TPSA) is 134 Å². The highest BCUT2D eigenvalue weighted by Crippen LogP contribution is 2.38. The molecule has 1 aromatic heterocycles. The van der Waals surface area contributed by atoms with Crippen molar-refractivity contribution in [2.24, 2.45) is 0 Å². The molecule has 0 saturated carbocycles. The van der Waals surface area contributed by atoms with Crippen LogP contribution in [0.4, 0.5) is 15.3 Å². The number of urea groups is 1. The van der Waals surface area contributed by atoms with Gasteiger partial charge >= 0.3 is 12.1 Å². The van der Waals surface area contributed by atoms with Crippen molar-refractivity contribution in [1.82, 2.24) is 19.4 Å². The van der Waals surface area contributed by atoms with E-state index < -0.39 is 22.1 Å². The van der Waals surface area contributed by atoms with E-state index in [0.717, 1.165) is 55.3 Å². The zero-order valence-electron chi connectivity index (χ0n) is 16.8. The first-order valence-corrected chi connectivity index (χ1v) is 11.8. The predicted octanol–water partition coefficient (Wildman–Crippen LogP) is 1.86. The maximum atomic E-state index is 12.8. The second kappa shape index (κ2) is 7.26. The first-order valence-electron chi connectivity index (χ1n) is 10.4. The Morgan fingerprint density at radius 1 is 1.00 bits per heavy atom. The third-order valence-corrected chi connectivity index (χ3v) is 7.46. The van der Waals surface area contributed by atoms with Crippen molar-refractivity contribution >= 4 is 27.8 Å². The number of fused-ring (bicyclic) bond motifs is 3. The molecule has 164 valence electrons. The van der Waals surface area contributed by atoms with Crippen LogP contribution in [-0.4, -0.2) is 46.9 Å². The number of aryl methyl sites for hydroxylation is 2. The summed E-state index contributed by atoms with van der Waals surface area (Å²) in [6.07, 6.45) is 4.69. The molecule has 0 radical (unpaired) electrons. The lowest BCUT2D eigenvalue weighted by molar-refractivity contribution is 0.131. The molecular weight excluding hydrogens is 422 g/mol. The van der Waals surface area contributed by atoms with Crippen molar-refractivity contribution < 1.29 is 23.1 Å². The minimum Gasteiger partial charge on any atom is -0.465 e. The lowest BCUT2D eigenvalue weighted by Gasteiger charge is -2.24. The molecule has 0 unspecified atom stereocenters. The number of amides is 3. The first kappa shape index (κ1) is 19.9. The van der Waals surface area contributed by atoms with Crippen LogP contribution in [0.15, 0.2) is 17.2 Å². The third-order valence-electron chi connectivity index (χ3n) is 6.26. The summed E-state index contributed by atoms with van der Waals surface area (Å²) in [5.41, 5.74) is 5.93. The summed E-state index contributed by atoms with van der Waals surface area (Å²) in [6, 6.07) is 2.73. The molecule has 10 nitrogen and oxygen atoms in total. The zero-order valence-corrected chi connectivity index (χ0v) is 17.7. The van der Waals surface area contributed by atoms with Crippen molar-refractivity contribution in [2.75, 3.05) is 11.9 Å². The summed E-state index contributed by atoms with van der Waals surface area (Å²) in [6.45, 7) is 0.527. The normalized spacial score (nSPS) is 17.1. The van der Waals surface area contributed by atoms with Gasteiger partial charge in [0.25, 0.3) is 10.0 Å². The fraction of sp³-hybridized carbons (Fsp3) is 0.450. The van der Waals surface area contributed by atoms with Crippen LogP contribution >= 0.6 is 0 Å². The minimum absolute atomic E-state index is 0.0480. The Labute approximate surface area is 179 Å². The van der Waals surface area contributed by atoms with E-state index in [9.17, 15) is 18.0 Å². The molecule has 0 atom stereocenters. The fourth-order valence-electron chi connectivity index (χ4n) is 4.82. The summed E-state index contributed by atoms with van der Waals surface area (Å²) in [4.78, 5) is 25.0. The Morgan fingerprint density at radius 2 is 1.68 bits per heavy atom. The lowest BCUT2D eigenvalue weighted by atomic mass is 9.99. The second-order valence-electron chi connectivity index (χ2n) is 8.19. The SMILES string of the molecule is O=C(Nc1c2c(cc3c1CCC3)CCC2)NS(=O)(=O)c1cc2n(n1)CCN(C(=O)O)C2. The van der Waals surface area contributed by atoms with E-state index in [1.54, 1.807) is 0 Å². The van der Waals surface area contributed by atoms with Gasteiger partial charge in [0.15, 0.2) is 5.03 Å². The molecule has 3 amide bonds. The van der Waals surface area contributed by atoms with Crippen LogP contribution in [0.3, 0.4) is 0 Å². The van der Waals surface area contributed by atoms with E-state index >= 15 is 0 Å². The van der Waals surface area contributed by atoms with Crippen LogP contribution in [0.2, 0.25) is 0 Å². The number of carbonyl (C=O) groups is 2. The molecule has 1 aliphatic heterocycles. The van der Waals surface area contributed by atoms with Gasteiger partial charge in [0.2, 0.25) is 0 Å². The van der Waals surface area contributed by atoms with Crippen LogP contribution in [0.25, 0.3) is 0 Å². The average molecular weight is 446 g/mol. The molecule has 0 saturated heterocycles. The summed E-state index contributed by atoms with van der Waals surface area (Å²) in [5, 5.41) is 15.7. The van der Waals surface area contributed by atoms with Gasteiger partial charge < -0.3 is 15.3 Å². The lowest BCUT2D eigenvalue weighted by Crippen LogP contribution is -2.37. The molecule has 0 fully saturated rings. The van der Waals surface area contributed by atoms with Crippen molar-refractivity contribution in [1.29, 1.82) is 0 Å². The van der Waals surface area contributed by atoms with E-state index in [1.165, 1.54) is 26.8 Å². The van der Waals surface area contributed by atoms with Gasteiger partial charge in [-0.25, -0.2) is 14.3 Å². The van der Waals surface area contributed by atoms with Gasteiger partial charge in [-0.05, 0) is 60.8 Å². The number of aromatic nitrogens is 2. The zero-order chi connectivity index (χ0) is 21.8. The highest BCUT2D eigenvalue weighted by Gasteiger charge is 2.29. The number of anilines is 1. The van der Waals surface area contributed by atoms with Gasteiger partial charge in [0.1, 0.15) is 0 Å². The van der Waals surface area contributed by atoms with E-state index in [4.69, 9.17) is 5.11 Å². The van der Waals surface area contributed by atoms with Crippen LogP contribution in [0.1, 0.15) is 40.8 Å². The average Bonchev–Trinajstić information content (AvgIpc) is 3.45. The number of nitrogens with zero attached hydrogens (tertiary/aromatic N) is 3. The fourth-order valence-corrected chi connectivity index (χ4v) is 5.71. The molecule has 5 rings (SSSR count).